The van der Waals surface area contributed by atoms with E-state index in [4.69, 9.17) is 10.5 Å². The van der Waals surface area contributed by atoms with Gasteiger partial charge in [-0.25, -0.2) is 0 Å². The summed E-state index contributed by atoms with van der Waals surface area (Å²) in [5.74, 6) is 0.688. The van der Waals surface area contributed by atoms with Crippen molar-refractivity contribution >= 4 is 11.4 Å². The lowest BCUT2D eigenvalue weighted by molar-refractivity contribution is -0.114. The van der Waals surface area contributed by atoms with Crippen LogP contribution in [0.5, 0.6) is 5.75 Å². The molecular weight excluding hydrogens is 308 g/mol. The second kappa shape index (κ2) is 6.83. The molecule has 2 unspecified atom stereocenters. The van der Waals surface area contributed by atoms with Gasteiger partial charge in [-0.15, -0.1) is 0 Å². The number of carbonyl (C=O) groups is 1. The summed E-state index contributed by atoms with van der Waals surface area (Å²) >= 11 is 0. The minimum atomic E-state index is -0.741. The zero-order chi connectivity index (χ0) is 17.3. The Bertz CT molecular complexity index is 686. The van der Waals surface area contributed by atoms with Crippen LogP contribution in [0.25, 0.3) is 5.57 Å². The number of nitroso groups, excluding NO2 is 1. The lowest BCUT2D eigenvalue weighted by Crippen LogP contribution is -2.35. The number of nitrogens with zero attached hydrogens (tertiary/aromatic N) is 1. The van der Waals surface area contributed by atoms with Gasteiger partial charge in [0.15, 0.2) is 5.78 Å². The number of aliphatic hydroxyl groups excluding tert-OH is 1. The maximum atomic E-state index is 11.7. The number of benzene rings is 1. The van der Waals surface area contributed by atoms with E-state index in [1.807, 2.05) is 25.1 Å². The third-order valence-corrected chi connectivity index (χ3v) is 4.86. The number of fused-ring (bicyclic) bond motifs is 1. The first-order valence-electron chi connectivity index (χ1n) is 8.25. The van der Waals surface area contributed by atoms with Gasteiger partial charge in [-0.1, -0.05) is 11.2 Å². The van der Waals surface area contributed by atoms with Gasteiger partial charge in [0.05, 0.1) is 6.10 Å². The molecule has 0 heterocycles. The average molecular weight is 330 g/mol. The molecule has 0 amide bonds. The zero-order valence-electron chi connectivity index (χ0n) is 13.6. The summed E-state index contributed by atoms with van der Waals surface area (Å²) in [5.41, 5.74) is 8.80. The molecule has 6 nitrogen and oxygen atoms in total. The highest BCUT2D eigenvalue weighted by Crippen LogP contribution is 2.30. The number of ketones is 1. The highest BCUT2D eigenvalue weighted by atomic mass is 16.5. The van der Waals surface area contributed by atoms with Crippen LogP contribution in [0, 0.1) is 4.91 Å². The van der Waals surface area contributed by atoms with Crippen LogP contribution in [0.15, 0.2) is 29.5 Å². The molecule has 0 bridgehead atoms. The number of nitrogens with two attached hydrogens (primary N) is 1. The van der Waals surface area contributed by atoms with Crippen molar-refractivity contribution in [3.8, 4) is 5.75 Å². The van der Waals surface area contributed by atoms with Crippen LogP contribution in [0.4, 0.5) is 0 Å². The van der Waals surface area contributed by atoms with E-state index < -0.39 is 18.2 Å². The Morgan fingerprint density at radius 1 is 1.33 bits per heavy atom. The van der Waals surface area contributed by atoms with Gasteiger partial charge in [-0.05, 0) is 54.7 Å². The van der Waals surface area contributed by atoms with Crippen LogP contribution in [0.1, 0.15) is 37.3 Å². The lowest BCUT2D eigenvalue weighted by Gasteiger charge is -2.23. The molecule has 3 N–H and O–H groups in total. The van der Waals surface area contributed by atoms with Crippen LogP contribution >= 0.6 is 0 Å². The van der Waals surface area contributed by atoms with E-state index in [0.717, 1.165) is 16.7 Å². The largest absolute Gasteiger partial charge is 0.488 e. The number of carbonyl (C=O) groups excluding carboxylic acids is 1. The number of hydrogen-bond acceptors (Lipinski definition) is 6. The summed E-state index contributed by atoms with van der Waals surface area (Å²) in [6, 6.07) is 4.63. The van der Waals surface area contributed by atoms with Gasteiger partial charge in [-0.2, -0.15) is 4.91 Å². The van der Waals surface area contributed by atoms with E-state index in [2.05, 4.69) is 5.18 Å². The molecule has 2 aliphatic carbocycles. The van der Waals surface area contributed by atoms with Gasteiger partial charge in [-0.3, -0.25) is 4.79 Å². The summed E-state index contributed by atoms with van der Waals surface area (Å²) in [6.45, 7) is 1.91. The fourth-order valence-corrected chi connectivity index (χ4v) is 3.47. The standard InChI is InChI=1S/C18H22N2O4/c1-10-6-12(21)7-11-8-13(2-3-14(10)11)24-18-5-4-15(19)17(22)9-16(18)20-23/h2-3,6,8,15-18,22H,4-5,7,9,19H2,1H3/t15?,16-,17+,18?/m0/s1. The molecule has 2 aliphatic rings. The molecule has 128 valence electrons. The Hall–Kier alpha value is -2.05. The molecule has 0 saturated heterocycles. The second-order valence-corrected chi connectivity index (χ2v) is 6.66. The Morgan fingerprint density at radius 3 is 2.88 bits per heavy atom. The Morgan fingerprint density at radius 2 is 2.12 bits per heavy atom. The molecular formula is C18H22N2O4. The summed E-state index contributed by atoms with van der Waals surface area (Å²) in [5, 5.41) is 13.1. The maximum absolute atomic E-state index is 11.7. The number of ether oxygens (including phenoxy) is 1. The predicted octanol–water partition coefficient (Wildman–Crippen LogP) is 1.97. The predicted molar refractivity (Wildman–Crippen MR) is 90.6 cm³/mol. The lowest BCUT2D eigenvalue weighted by atomic mass is 9.91. The Kier molecular flexibility index (Phi) is 4.78. The van der Waals surface area contributed by atoms with Crippen molar-refractivity contribution in [2.75, 3.05) is 0 Å². The van der Waals surface area contributed by atoms with Crippen LogP contribution in [-0.2, 0) is 11.2 Å². The first-order chi connectivity index (χ1) is 11.5. The fourth-order valence-electron chi connectivity index (χ4n) is 3.47. The summed E-state index contributed by atoms with van der Waals surface area (Å²) in [6.07, 6.45) is 2.19. The first kappa shape index (κ1) is 16.8. The zero-order valence-corrected chi connectivity index (χ0v) is 13.6. The fraction of sp³-hybridized carbons (Fsp3) is 0.500. The smallest absolute Gasteiger partial charge is 0.160 e. The van der Waals surface area contributed by atoms with E-state index in [1.54, 1.807) is 6.08 Å². The number of allylic oxidation sites excluding steroid dienone is 2. The van der Waals surface area contributed by atoms with Crippen molar-refractivity contribution in [2.45, 2.75) is 56.9 Å². The molecule has 0 spiro atoms. The molecule has 1 aromatic carbocycles. The van der Waals surface area contributed by atoms with Crippen molar-refractivity contribution in [1.29, 1.82) is 0 Å². The van der Waals surface area contributed by atoms with Crippen molar-refractivity contribution in [1.82, 2.24) is 0 Å². The topological polar surface area (TPSA) is 102 Å². The normalized spacial score (nSPS) is 30.1. The van der Waals surface area contributed by atoms with Crippen molar-refractivity contribution in [2.24, 2.45) is 10.9 Å². The highest BCUT2D eigenvalue weighted by molar-refractivity contribution is 6.01. The minimum Gasteiger partial charge on any atom is -0.488 e. The van der Waals surface area contributed by atoms with E-state index in [-0.39, 0.29) is 18.2 Å². The summed E-state index contributed by atoms with van der Waals surface area (Å²) in [7, 11) is 0. The van der Waals surface area contributed by atoms with E-state index in [1.165, 1.54) is 0 Å². The molecule has 0 aromatic heterocycles. The summed E-state index contributed by atoms with van der Waals surface area (Å²) < 4.78 is 5.98. The Balaban J connectivity index is 1.80. The molecule has 0 radical (unpaired) electrons. The Labute approximate surface area is 140 Å². The number of hydrogen-bond donors (Lipinski definition) is 2. The van der Waals surface area contributed by atoms with Crippen molar-refractivity contribution in [3.63, 3.8) is 0 Å². The summed E-state index contributed by atoms with van der Waals surface area (Å²) in [4.78, 5) is 22.9. The monoisotopic (exact) mass is 330 g/mol. The molecule has 3 rings (SSSR count). The molecule has 6 heteroatoms. The molecule has 24 heavy (non-hydrogen) atoms. The molecule has 0 aliphatic heterocycles. The second-order valence-electron chi connectivity index (χ2n) is 6.66. The number of aliphatic hydroxyl groups is 1. The van der Waals surface area contributed by atoms with Crippen LogP contribution in [0.3, 0.4) is 0 Å². The van der Waals surface area contributed by atoms with E-state index in [0.29, 0.717) is 25.0 Å². The van der Waals surface area contributed by atoms with Crippen LogP contribution in [0.2, 0.25) is 0 Å². The minimum absolute atomic E-state index is 0.0770. The maximum Gasteiger partial charge on any atom is 0.160 e. The van der Waals surface area contributed by atoms with Gasteiger partial charge < -0.3 is 15.6 Å². The van der Waals surface area contributed by atoms with E-state index >= 15 is 0 Å². The third-order valence-electron chi connectivity index (χ3n) is 4.86. The van der Waals surface area contributed by atoms with Crippen LogP contribution in [-0.4, -0.2) is 35.2 Å². The van der Waals surface area contributed by atoms with Gasteiger partial charge >= 0.3 is 0 Å². The first-order valence-corrected chi connectivity index (χ1v) is 8.25. The van der Waals surface area contributed by atoms with E-state index in [9.17, 15) is 14.8 Å². The SMILES string of the molecule is CC1=CC(=O)Cc2cc(OC3CCC(N)[C@H](O)C[C@@H]3N=O)ccc21. The van der Waals surface area contributed by atoms with Crippen molar-refractivity contribution < 1.29 is 14.6 Å². The molecule has 1 aromatic rings. The van der Waals surface area contributed by atoms with Crippen molar-refractivity contribution in [3.05, 3.63) is 40.3 Å². The molecule has 4 atom stereocenters. The quantitative estimate of drug-likeness (QED) is 0.651. The molecule has 1 saturated carbocycles. The van der Waals surface area contributed by atoms with Gasteiger partial charge in [0, 0.05) is 18.9 Å². The highest BCUT2D eigenvalue weighted by Gasteiger charge is 2.33. The van der Waals surface area contributed by atoms with Gasteiger partial charge in [0.25, 0.3) is 0 Å². The van der Waals surface area contributed by atoms with Crippen LogP contribution < -0.4 is 10.5 Å². The number of rotatable bonds is 3. The van der Waals surface area contributed by atoms with Gasteiger partial charge in [0.2, 0.25) is 0 Å². The third kappa shape index (κ3) is 3.39. The average Bonchev–Trinajstić information content (AvgIpc) is 2.67. The molecule has 1 fully saturated rings. The van der Waals surface area contributed by atoms with Gasteiger partial charge in [0.1, 0.15) is 17.9 Å².